The molecule has 0 radical (unpaired) electrons. The van der Waals surface area contributed by atoms with Crippen molar-refractivity contribution in [3.05, 3.63) is 22.6 Å². The van der Waals surface area contributed by atoms with Gasteiger partial charge in [0.15, 0.2) is 0 Å². The maximum absolute atomic E-state index is 6.24. The number of nitrogens with two attached hydrogens (primary N) is 1. The number of hydrogen-bond acceptors (Lipinski definition) is 4. The Kier molecular flexibility index (Phi) is 4.62. The zero-order valence-corrected chi connectivity index (χ0v) is 11.6. The van der Waals surface area contributed by atoms with Gasteiger partial charge in [-0.1, -0.05) is 0 Å². The Morgan fingerprint density at radius 1 is 1.65 bits per heavy atom. The first-order chi connectivity index (χ1) is 8.24. The quantitative estimate of drug-likeness (QED) is 0.926. The van der Waals surface area contributed by atoms with E-state index < -0.39 is 0 Å². The Morgan fingerprint density at radius 3 is 3.12 bits per heavy atom. The lowest BCUT2D eigenvalue weighted by molar-refractivity contribution is 0.0736. The minimum Gasteiger partial charge on any atom is -0.466 e. The van der Waals surface area contributed by atoms with Crippen LogP contribution < -0.4 is 5.73 Å². The van der Waals surface area contributed by atoms with Crippen molar-refractivity contribution in [3.8, 4) is 0 Å². The van der Waals surface area contributed by atoms with Gasteiger partial charge in [0, 0.05) is 19.7 Å². The van der Waals surface area contributed by atoms with E-state index in [0.29, 0.717) is 0 Å². The lowest BCUT2D eigenvalue weighted by Crippen LogP contribution is -2.46. The molecule has 0 saturated carbocycles. The summed E-state index contributed by atoms with van der Waals surface area (Å²) in [4.78, 5) is 2.35. The van der Waals surface area contributed by atoms with E-state index in [1.807, 2.05) is 6.07 Å². The van der Waals surface area contributed by atoms with Crippen LogP contribution in [0.15, 0.2) is 21.2 Å². The molecule has 2 unspecified atom stereocenters. The third-order valence-corrected chi connectivity index (χ3v) is 3.93. The van der Waals surface area contributed by atoms with Gasteiger partial charge < -0.3 is 14.9 Å². The van der Waals surface area contributed by atoms with Crippen LogP contribution >= 0.6 is 15.9 Å². The highest BCUT2D eigenvalue weighted by atomic mass is 79.9. The maximum atomic E-state index is 6.24. The highest BCUT2D eigenvalue weighted by Gasteiger charge is 2.33. The summed E-state index contributed by atoms with van der Waals surface area (Å²) in [5, 5.41) is 0. The normalized spacial score (nSPS) is 26.3. The van der Waals surface area contributed by atoms with Gasteiger partial charge in [0.1, 0.15) is 5.76 Å². The fourth-order valence-corrected chi connectivity index (χ4v) is 2.87. The third kappa shape index (κ3) is 2.91. The molecule has 17 heavy (non-hydrogen) atoms. The van der Waals surface area contributed by atoms with E-state index in [9.17, 15) is 0 Å². The number of ether oxygens (including phenoxy) is 1. The van der Waals surface area contributed by atoms with Crippen LogP contribution in [-0.4, -0.2) is 37.7 Å². The third-order valence-electron chi connectivity index (χ3n) is 3.28. The van der Waals surface area contributed by atoms with Crippen LogP contribution in [0.4, 0.5) is 0 Å². The molecule has 96 valence electrons. The molecule has 2 N–H and O–H groups in total. The van der Waals surface area contributed by atoms with Gasteiger partial charge in [-0.3, -0.25) is 4.90 Å². The van der Waals surface area contributed by atoms with Crippen molar-refractivity contribution in [2.24, 2.45) is 5.73 Å². The Bertz CT molecular complexity index is 356. The molecule has 2 rings (SSSR count). The molecule has 4 nitrogen and oxygen atoms in total. The average Bonchev–Trinajstić information content (AvgIpc) is 2.73. The standard InChI is InChI=1S/C12H19BrN2O2/c1-16-8-6-15-5-2-3-10(14)11(15)12-9(13)4-7-17-12/h4,7,10-11H,2-3,5-6,8,14H2,1H3. The van der Waals surface area contributed by atoms with Crippen molar-refractivity contribution >= 4 is 15.9 Å². The molecule has 1 saturated heterocycles. The molecule has 0 aromatic carbocycles. The van der Waals surface area contributed by atoms with E-state index in [1.165, 1.54) is 0 Å². The largest absolute Gasteiger partial charge is 0.466 e. The smallest absolute Gasteiger partial charge is 0.136 e. The Balaban J connectivity index is 2.16. The lowest BCUT2D eigenvalue weighted by atomic mass is 9.95. The minimum atomic E-state index is 0.128. The van der Waals surface area contributed by atoms with Crippen molar-refractivity contribution in [3.63, 3.8) is 0 Å². The summed E-state index contributed by atoms with van der Waals surface area (Å²) >= 11 is 3.52. The number of piperidine rings is 1. The first-order valence-electron chi connectivity index (χ1n) is 5.95. The Labute approximate surface area is 110 Å². The van der Waals surface area contributed by atoms with Crippen molar-refractivity contribution in [1.82, 2.24) is 4.90 Å². The molecule has 2 heterocycles. The summed E-state index contributed by atoms with van der Waals surface area (Å²) < 4.78 is 11.7. The van der Waals surface area contributed by atoms with Gasteiger partial charge in [0.05, 0.1) is 23.4 Å². The van der Waals surface area contributed by atoms with Crippen LogP contribution in [0.3, 0.4) is 0 Å². The zero-order valence-electron chi connectivity index (χ0n) is 10.1. The van der Waals surface area contributed by atoms with E-state index in [4.69, 9.17) is 14.9 Å². The second-order valence-corrected chi connectivity index (χ2v) is 5.27. The number of halogens is 1. The molecule has 0 amide bonds. The van der Waals surface area contributed by atoms with Gasteiger partial charge in [-0.15, -0.1) is 0 Å². The first kappa shape index (κ1) is 13.1. The van der Waals surface area contributed by atoms with Gasteiger partial charge in [-0.2, -0.15) is 0 Å². The van der Waals surface area contributed by atoms with Crippen LogP contribution in [-0.2, 0) is 4.74 Å². The van der Waals surface area contributed by atoms with Gasteiger partial charge in [0.2, 0.25) is 0 Å². The summed E-state index contributed by atoms with van der Waals surface area (Å²) in [6, 6.07) is 2.21. The molecule has 0 bridgehead atoms. The van der Waals surface area contributed by atoms with Gasteiger partial charge in [-0.25, -0.2) is 0 Å². The van der Waals surface area contributed by atoms with E-state index in [2.05, 4.69) is 20.8 Å². The second kappa shape index (κ2) is 6.00. The molecular formula is C12H19BrN2O2. The molecular weight excluding hydrogens is 284 g/mol. The van der Waals surface area contributed by atoms with Crippen molar-refractivity contribution < 1.29 is 9.15 Å². The molecule has 0 spiro atoms. The summed E-state index contributed by atoms with van der Waals surface area (Å²) in [5.41, 5.74) is 6.24. The zero-order chi connectivity index (χ0) is 12.3. The summed E-state index contributed by atoms with van der Waals surface area (Å²) in [5.74, 6) is 0.938. The summed E-state index contributed by atoms with van der Waals surface area (Å²) in [6.07, 6.45) is 3.89. The first-order valence-corrected chi connectivity index (χ1v) is 6.74. The topological polar surface area (TPSA) is 51.6 Å². The Morgan fingerprint density at radius 2 is 2.47 bits per heavy atom. The summed E-state index contributed by atoms with van der Waals surface area (Å²) in [6.45, 7) is 2.67. The molecule has 1 fully saturated rings. The molecule has 2 atom stereocenters. The molecule has 1 aromatic heterocycles. The van der Waals surface area contributed by atoms with Crippen molar-refractivity contribution in [1.29, 1.82) is 0 Å². The van der Waals surface area contributed by atoms with Crippen LogP contribution in [0, 0.1) is 0 Å². The summed E-state index contributed by atoms with van der Waals surface area (Å²) in [7, 11) is 1.72. The predicted molar refractivity (Wildman–Crippen MR) is 69.8 cm³/mol. The SMILES string of the molecule is COCCN1CCCC(N)C1c1occc1Br. The highest BCUT2D eigenvalue weighted by molar-refractivity contribution is 9.10. The lowest BCUT2D eigenvalue weighted by Gasteiger charge is -2.38. The molecule has 1 aliphatic heterocycles. The monoisotopic (exact) mass is 302 g/mol. The number of furan rings is 1. The van der Waals surface area contributed by atoms with Crippen molar-refractivity contribution in [2.45, 2.75) is 24.9 Å². The number of nitrogens with zero attached hydrogens (tertiary/aromatic N) is 1. The van der Waals surface area contributed by atoms with Gasteiger partial charge in [-0.05, 0) is 41.4 Å². The molecule has 1 aliphatic rings. The molecule has 1 aromatic rings. The van der Waals surface area contributed by atoms with E-state index in [1.54, 1.807) is 13.4 Å². The highest BCUT2D eigenvalue weighted by Crippen LogP contribution is 2.34. The average molecular weight is 303 g/mol. The number of hydrogen-bond donors (Lipinski definition) is 1. The molecule has 0 aliphatic carbocycles. The van der Waals surface area contributed by atoms with Gasteiger partial charge in [0.25, 0.3) is 0 Å². The number of methoxy groups -OCH3 is 1. The minimum absolute atomic E-state index is 0.128. The molecule has 5 heteroatoms. The number of rotatable bonds is 4. The van der Waals surface area contributed by atoms with Gasteiger partial charge >= 0.3 is 0 Å². The van der Waals surface area contributed by atoms with Crippen LogP contribution in [0.2, 0.25) is 0 Å². The fraction of sp³-hybridized carbons (Fsp3) is 0.667. The fourth-order valence-electron chi connectivity index (χ4n) is 2.43. The van der Waals surface area contributed by atoms with E-state index >= 15 is 0 Å². The van der Waals surface area contributed by atoms with Crippen LogP contribution in [0.25, 0.3) is 0 Å². The van der Waals surface area contributed by atoms with Crippen LogP contribution in [0.1, 0.15) is 24.6 Å². The van der Waals surface area contributed by atoms with E-state index in [0.717, 1.165) is 42.8 Å². The Hall–Kier alpha value is -0.360. The van der Waals surface area contributed by atoms with E-state index in [-0.39, 0.29) is 12.1 Å². The second-order valence-electron chi connectivity index (χ2n) is 4.41. The maximum Gasteiger partial charge on any atom is 0.136 e. The van der Waals surface area contributed by atoms with Crippen molar-refractivity contribution in [2.75, 3.05) is 26.8 Å². The number of likely N-dealkylation sites (tertiary alicyclic amines) is 1. The predicted octanol–water partition coefficient (Wildman–Crippen LogP) is 2.15. The van der Waals surface area contributed by atoms with Crippen LogP contribution in [0.5, 0.6) is 0 Å².